The Hall–Kier alpha value is -1.14. The van der Waals surface area contributed by atoms with Gasteiger partial charge in [-0.1, -0.05) is 0 Å². The summed E-state index contributed by atoms with van der Waals surface area (Å²) in [6, 6.07) is -0.660. The number of likely N-dealkylation sites (tertiary alicyclic amines) is 1. The number of amides is 2. The van der Waals surface area contributed by atoms with E-state index in [1.807, 2.05) is 4.90 Å². The highest BCUT2D eigenvalue weighted by molar-refractivity contribution is 5.89. The first kappa shape index (κ1) is 13.3. The van der Waals surface area contributed by atoms with Gasteiger partial charge in [0.05, 0.1) is 6.04 Å². The van der Waals surface area contributed by atoms with E-state index in [2.05, 4.69) is 16.0 Å². The van der Waals surface area contributed by atoms with Crippen molar-refractivity contribution in [3.8, 4) is 0 Å². The predicted molar refractivity (Wildman–Crippen MR) is 68.1 cm³/mol. The molecular formula is C12H22N4O2. The van der Waals surface area contributed by atoms with Crippen molar-refractivity contribution < 1.29 is 9.59 Å². The average molecular weight is 254 g/mol. The second-order valence-electron chi connectivity index (χ2n) is 4.97. The summed E-state index contributed by atoms with van der Waals surface area (Å²) in [4.78, 5) is 25.8. The fourth-order valence-electron chi connectivity index (χ4n) is 2.43. The Morgan fingerprint density at radius 1 is 1.28 bits per heavy atom. The third-order valence-corrected chi connectivity index (χ3v) is 3.50. The van der Waals surface area contributed by atoms with Crippen molar-refractivity contribution in [1.29, 1.82) is 0 Å². The molecule has 0 aromatic heterocycles. The lowest BCUT2D eigenvalue weighted by molar-refractivity contribution is -0.135. The summed E-state index contributed by atoms with van der Waals surface area (Å²) in [6.07, 6.45) is 2.14. The van der Waals surface area contributed by atoms with Gasteiger partial charge in [-0.15, -0.1) is 0 Å². The van der Waals surface area contributed by atoms with E-state index in [-0.39, 0.29) is 17.9 Å². The van der Waals surface area contributed by atoms with E-state index in [0.29, 0.717) is 6.54 Å². The monoisotopic (exact) mass is 254 g/mol. The minimum Gasteiger partial charge on any atom is -0.343 e. The first-order chi connectivity index (χ1) is 8.68. The van der Waals surface area contributed by atoms with E-state index >= 15 is 0 Å². The molecule has 2 unspecified atom stereocenters. The zero-order valence-corrected chi connectivity index (χ0v) is 10.9. The summed E-state index contributed by atoms with van der Waals surface area (Å²) in [6.45, 7) is 5.69. The summed E-state index contributed by atoms with van der Waals surface area (Å²) in [7, 11) is 0. The van der Waals surface area contributed by atoms with Crippen molar-refractivity contribution in [2.75, 3.05) is 32.7 Å². The molecule has 2 atom stereocenters. The van der Waals surface area contributed by atoms with Crippen molar-refractivity contribution in [2.24, 2.45) is 0 Å². The summed E-state index contributed by atoms with van der Waals surface area (Å²) < 4.78 is 0. The van der Waals surface area contributed by atoms with E-state index in [9.17, 15) is 9.59 Å². The number of hydrogen-bond acceptors (Lipinski definition) is 4. The van der Waals surface area contributed by atoms with Crippen molar-refractivity contribution in [3.63, 3.8) is 0 Å². The van der Waals surface area contributed by atoms with E-state index in [1.54, 1.807) is 6.92 Å². The number of carbonyl (C=O) groups excluding carboxylic acids is 2. The maximum atomic E-state index is 12.0. The summed E-state index contributed by atoms with van der Waals surface area (Å²) >= 11 is 0. The van der Waals surface area contributed by atoms with Crippen LogP contribution in [0.25, 0.3) is 0 Å². The Labute approximate surface area is 107 Å². The van der Waals surface area contributed by atoms with Crippen LogP contribution in [0.5, 0.6) is 0 Å². The van der Waals surface area contributed by atoms with Crippen LogP contribution in [0.1, 0.15) is 19.8 Å². The van der Waals surface area contributed by atoms with Crippen LogP contribution in [0, 0.1) is 0 Å². The van der Waals surface area contributed by atoms with Crippen LogP contribution in [0.4, 0.5) is 0 Å². The fourth-order valence-corrected chi connectivity index (χ4v) is 2.43. The SMILES string of the molecule is CC(NC(=O)C1CNCCN1)C(=O)N1CCCC1. The first-order valence-corrected chi connectivity index (χ1v) is 6.72. The van der Waals surface area contributed by atoms with Gasteiger partial charge in [0.2, 0.25) is 11.8 Å². The summed E-state index contributed by atoms with van der Waals surface area (Å²) in [5.41, 5.74) is 0. The Balaban J connectivity index is 1.80. The van der Waals surface area contributed by atoms with E-state index in [1.165, 1.54) is 0 Å². The van der Waals surface area contributed by atoms with Gasteiger partial charge in [-0.05, 0) is 19.8 Å². The molecule has 0 aromatic carbocycles. The number of carbonyl (C=O) groups is 2. The quantitative estimate of drug-likeness (QED) is 0.584. The minimum atomic E-state index is -0.431. The molecule has 102 valence electrons. The highest BCUT2D eigenvalue weighted by Crippen LogP contribution is 2.09. The average Bonchev–Trinajstić information content (AvgIpc) is 2.92. The molecule has 2 amide bonds. The Kier molecular flexibility index (Phi) is 4.54. The van der Waals surface area contributed by atoms with Gasteiger partial charge in [0, 0.05) is 32.7 Å². The number of hydrogen-bond donors (Lipinski definition) is 3. The third kappa shape index (κ3) is 3.20. The van der Waals surface area contributed by atoms with E-state index in [4.69, 9.17) is 0 Å². The van der Waals surface area contributed by atoms with Gasteiger partial charge in [0.25, 0.3) is 0 Å². The topological polar surface area (TPSA) is 73.5 Å². The number of rotatable bonds is 3. The molecule has 2 fully saturated rings. The second-order valence-corrected chi connectivity index (χ2v) is 4.97. The normalized spacial score (nSPS) is 25.8. The van der Waals surface area contributed by atoms with Gasteiger partial charge < -0.3 is 20.9 Å². The van der Waals surface area contributed by atoms with Gasteiger partial charge in [0.1, 0.15) is 6.04 Å². The van der Waals surface area contributed by atoms with Crippen LogP contribution in [-0.2, 0) is 9.59 Å². The first-order valence-electron chi connectivity index (χ1n) is 6.72. The highest BCUT2D eigenvalue weighted by atomic mass is 16.2. The number of nitrogens with one attached hydrogen (secondary N) is 3. The van der Waals surface area contributed by atoms with Gasteiger partial charge in [-0.25, -0.2) is 0 Å². The number of piperazine rings is 1. The Morgan fingerprint density at radius 3 is 2.61 bits per heavy atom. The lowest BCUT2D eigenvalue weighted by Crippen LogP contribution is -2.58. The molecule has 2 aliphatic heterocycles. The fraction of sp³-hybridized carbons (Fsp3) is 0.833. The van der Waals surface area contributed by atoms with Gasteiger partial charge in [-0.2, -0.15) is 0 Å². The van der Waals surface area contributed by atoms with Crippen molar-refractivity contribution >= 4 is 11.8 Å². The maximum absolute atomic E-state index is 12.0. The van der Waals surface area contributed by atoms with Crippen molar-refractivity contribution in [2.45, 2.75) is 31.8 Å². The molecule has 0 saturated carbocycles. The Bertz CT molecular complexity index is 309. The molecule has 3 N–H and O–H groups in total. The molecule has 0 bridgehead atoms. The molecule has 0 aliphatic carbocycles. The smallest absolute Gasteiger partial charge is 0.244 e. The van der Waals surface area contributed by atoms with Crippen LogP contribution in [0.3, 0.4) is 0 Å². The molecule has 2 rings (SSSR count). The third-order valence-electron chi connectivity index (χ3n) is 3.50. The van der Waals surface area contributed by atoms with Crippen molar-refractivity contribution in [3.05, 3.63) is 0 Å². The molecule has 2 aliphatic rings. The molecule has 2 saturated heterocycles. The Morgan fingerprint density at radius 2 is 2.00 bits per heavy atom. The molecule has 0 radical (unpaired) electrons. The van der Waals surface area contributed by atoms with E-state index < -0.39 is 6.04 Å². The number of nitrogens with zero attached hydrogens (tertiary/aromatic N) is 1. The standard InChI is InChI=1S/C12H22N4O2/c1-9(12(18)16-6-2-3-7-16)15-11(17)10-8-13-4-5-14-10/h9-10,13-14H,2-8H2,1H3,(H,15,17). The van der Waals surface area contributed by atoms with Crippen LogP contribution in [0.2, 0.25) is 0 Å². The van der Waals surface area contributed by atoms with Gasteiger partial charge in [-0.3, -0.25) is 9.59 Å². The van der Waals surface area contributed by atoms with Crippen molar-refractivity contribution in [1.82, 2.24) is 20.9 Å². The lowest BCUT2D eigenvalue weighted by atomic mass is 10.2. The molecule has 0 aromatic rings. The minimum absolute atomic E-state index is 0.0321. The maximum Gasteiger partial charge on any atom is 0.244 e. The zero-order chi connectivity index (χ0) is 13.0. The summed E-state index contributed by atoms with van der Waals surface area (Å²) in [5.74, 6) is -0.0631. The van der Waals surface area contributed by atoms with Gasteiger partial charge in [0.15, 0.2) is 0 Å². The lowest BCUT2D eigenvalue weighted by Gasteiger charge is -2.26. The molecule has 0 spiro atoms. The van der Waals surface area contributed by atoms with Crippen LogP contribution < -0.4 is 16.0 Å². The van der Waals surface area contributed by atoms with Crippen LogP contribution in [0.15, 0.2) is 0 Å². The predicted octanol–water partition coefficient (Wildman–Crippen LogP) is -1.33. The van der Waals surface area contributed by atoms with Crippen LogP contribution >= 0.6 is 0 Å². The molecule has 6 nitrogen and oxygen atoms in total. The summed E-state index contributed by atoms with van der Waals surface area (Å²) in [5, 5.41) is 9.08. The molecule has 6 heteroatoms. The zero-order valence-electron chi connectivity index (χ0n) is 10.9. The highest BCUT2D eigenvalue weighted by Gasteiger charge is 2.27. The molecular weight excluding hydrogens is 232 g/mol. The van der Waals surface area contributed by atoms with Crippen LogP contribution in [-0.4, -0.2) is 61.5 Å². The van der Waals surface area contributed by atoms with E-state index in [0.717, 1.165) is 39.0 Å². The largest absolute Gasteiger partial charge is 0.343 e. The van der Waals surface area contributed by atoms with Gasteiger partial charge >= 0.3 is 0 Å². The molecule has 18 heavy (non-hydrogen) atoms. The molecule has 2 heterocycles. The second kappa shape index (κ2) is 6.15.